The lowest BCUT2D eigenvalue weighted by Crippen LogP contribution is -2.16. The molecular formula is C18H24N2. The average Bonchev–Trinajstić information content (AvgIpc) is 2.28. The molecule has 0 spiro atoms. The van der Waals surface area contributed by atoms with Crippen molar-refractivity contribution in [1.82, 2.24) is 9.97 Å². The van der Waals surface area contributed by atoms with Crippen molar-refractivity contribution in [3.05, 3.63) is 46.3 Å². The minimum Gasteiger partial charge on any atom is -0.236 e. The Morgan fingerprint density at radius 3 is 1.90 bits per heavy atom. The number of hydrogen-bond acceptors (Lipinski definition) is 2. The van der Waals surface area contributed by atoms with Crippen molar-refractivity contribution < 1.29 is 0 Å². The van der Waals surface area contributed by atoms with Crippen LogP contribution < -0.4 is 0 Å². The predicted molar refractivity (Wildman–Crippen MR) is 85.1 cm³/mol. The molecule has 0 atom stereocenters. The fraction of sp³-hybridized carbons (Fsp3) is 0.444. The van der Waals surface area contributed by atoms with Crippen LogP contribution in [0.1, 0.15) is 48.7 Å². The van der Waals surface area contributed by atoms with Crippen LogP contribution in [0.15, 0.2) is 18.3 Å². The van der Waals surface area contributed by atoms with E-state index in [-0.39, 0.29) is 5.41 Å². The van der Waals surface area contributed by atoms with Gasteiger partial charge in [0.1, 0.15) is 0 Å². The van der Waals surface area contributed by atoms with E-state index in [1.54, 1.807) is 0 Å². The van der Waals surface area contributed by atoms with Gasteiger partial charge in [-0.25, -0.2) is 9.97 Å². The summed E-state index contributed by atoms with van der Waals surface area (Å²) in [6, 6.07) is 4.39. The predicted octanol–water partition coefficient (Wildman–Crippen LogP) is 4.67. The highest BCUT2D eigenvalue weighted by Crippen LogP contribution is 2.29. The summed E-state index contributed by atoms with van der Waals surface area (Å²) in [6.45, 7) is 15.1. The van der Waals surface area contributed by atoms with Crippen molar-refractivity contribution in [2.45, 2.75) is 53.9 Å². The number of aryl methyl sites for hydroxylation is 4. The first-order valence-corrected chi connectivity index (χ1v) is 7.12. The number of aromatic nitrogens is 2. The molecule has 1 aromatic carbocycles. The highest BCUT2D eigenvalue weighted by molar-refractivity contribution is 5.65. The smallest absolute Gasteiger partial charge is 0.159 e. The second kappa shape index (κ2) is 5.01. The highest BCUT2D eigenvalue weighted by Gasteiger charge is 2.20. The topological polar surface area (TPSA) is 25.8 Å². The largest absolute Gasteiger partial charge is 0.236 e. The fourth-order valence-electron chi connectivity index (χ4n) is 2.85. The van der Waals surface area contributed by atoms with Crippen LogP contribution in [-0.2, 0) is 5.41 Å². The molecule has 2 aromatic rings. The van der Waals surface area contributed by atoms with Crippen LogP contribution in [0.5, 0.6) is 0 Å². The van der Waals surface area contributed by atoms with Crippen molar-refractivity contribution in [2.24, 2.45) is 0 Å². The maximum absolute atomic E-state index is 4.85. The van der Waals surface area contributed by atoms with E-state index in [2.05, 4.69) is 65.6 Å². The molecule has 0 fully saturated rings. The molecular weight excluding hydrogens is 244 g/mol. The zero-order valence-corrected chi connectivity index (χ0v) is 13.6. The van der Waals surface area contributed by atoms with Crippen LogP contribution in [0.4, 0.5) is 0 Å². The first-order valence-electron chi connectivity index (χ1n) is 7.12. The third-order valence-electron chi connectivity index (χ3n) is 3.58. The first kappa shape index (κ1) is 14.7. The first-order chi connectivity index (χ1) is 9.20. The SMILES string of the molecule is Cc1cc(C)c(-c2ncc(C)c(C(C)(C)C)n2)c(C)c1. The Kier molecular flexibility index (Phi) is 3.68. The van der Waals surface area contributed by atoms with Gasteiger partial charge in [-0.3, -0.25) is 0 Å². The lowest BCUT2D eigenvalue weighted by atomic mass is 9.89. The van der Waals surface area contributed by atoms with E-state index in [1.165, 1.54) is 22.3 Å². The highest BCUT2D eigenvalue weighted by atomic mass is 14.9. The van der Waals surface area contributed by atoms with Gasteiger partial charge in [0.25, 0.3) is 0 Å². The zero-order chi connectivity index (χ0) is 15.1. The van der Waals surface area contributed by atoms with E-state index in [0.717, 1.165) is 17.1 Å². The molecule has 2 nitrogen and oxygen atoms in total. The van der Waals surface area contributed by atoms with Gasteiger partial charge in [-0.05, 0) is 44.4 Å². The summed E-state index contributed by atoms with van der Waals surface area (Å²) in [5, 5.41) is 0. The Labute approximate surface area is 122 Å². The number of hydrogen-bond donors (Lipinski definition) is 0. The molecule has 106 valence electrons. The van der Waals surface area contributed by atoms with Gasteiger partial charge in [0.05, 0.1) is 5.69 Å². The average molecular weight is 268 g/mol. The van der Waals surface area contributed by atoms with Crippen LogP contribution in [0.2, 0.25) is 0 Å². The second-order valence-corrected chi connectivity index (χ2v) is 6.75. The molecule has 0 radical (unpaired) electrons. The number of benzene rings is 1. The number of rotatable bonds is 1. The summed E-state index contributed by atoms with van der Waals surface area (Å²) in [5.41, 5.74) is 7.25. The molecule has 1 heterocycles. The van der Waals surface area contributed by atoms with Crippen LogP contribution in [0, 0.1) is 27.7 Å². The van der Waals surface area contributed by atoms with Gasteiger partial charge in [0.2, 0.25) is 0 Å². The zero-order valence-electron chi connectivity index (χ0n) is 13.6. The Bertz CT molecular complexity index is 626. The molecule has 0 aliphatic carbocycles. The van der Waals surface area contributed by atoms with Crippen molar-refractivity contribution in [3.63, 3.8) is 0 Å². The third-order valence-corrected chi connectivity index (χ3v) is 3.58. The van der Waals surface area contributed by atoms with Gasteiger partial charge in [-0.1, -0.05) is 38.5 Å². The van der Waals surface area contributed by atoms with E-state index in [4.69, 9.17) is 4.98 Å². The summed E-state index contributed by atoms with van der Waals surface area (Å²) in [7, 11) is 0. The lowest BCUT2D eigenvalue weighted by Gasteiger charge is -2.21. The van der Waals surface area contributed by atoms with Gasteiger partial charge in [0.15, 0.2) is 5.82 Å². The fourth-order valence-corrected chi connectivity index (χ4v) is 2.85. The standard InChI is InChI=1S/C18H24N2/c1-11-8-12(2)15(13(3)9-11)17-19-10-14(4)16(20-17)18(5,6)7/h8-10H,1-7H3. The molecule has 2 rings (SSSR count). The molecule has 0 amide bonds. The summed E-state index contributed by atoms with van der Waals surface area (Å²) >= 11 is 0. The van der Waals surface area contributed by atoms with E-state index in [1.807, 2.05) is 6.20 Å². The van der Waals surface area contributed by atoms with E-state index >= 15 is 0 Å². The maximum Gasteiger partial charge on any atom is 0.159 e. The van der Waals surface area contributed by atoms with Gasteiger partial charge in [0, 0.05) is 17.2 Å². The Balaban J connectivity index is 2.66. The van der Waals surface area contributed by atoms with Gasteiger partial charge >= 0.3 is 0 Å². The van der Waals surface area contributed by atoms with Crippen LogP contribution >= 0.6 is 0 Å². The van der Waals surface area contributed by atoms with Crippen molar-refractivity contribution in [1.29, 1.82) is 0 Å². The Morgan fingerprint density at radius 1 is 0.850 bits per heavy atom. The molecule has 1 aromatic heterocycles. The van der Waals surface area contributed by atoms with Crippen LogP contribution in [0.3, 0.4) is 0 Å². The molecule has 0 aliphatic heterocycles. The summed E-state index contributed by atoms with van der Waals surface area (Å²) in [4.78, 5) is 9.42. The molecule has 0 saturated heterocycles. The summed E-state index contributed by atoms with van der Waals surface area (Å²) in [5.74, 6) is 0.843. The number of nitrogens with zero attached hydrogens (tertiary/aromatic N) is 2. The van der Waals surface area contributed by atoms with Gasteiger partial charge in [-0.2, -0.15) is 0 Å². The second-order valence-electron chi connectivity index (χ2n) is 6.75. The van der Waals surface area contributed by atoms with Crippen molar-refractivity contribution in [2.75, 3.05) is 0 Å². The molecule has 20 heavy (non-hydrogen) atoms. The summed E-state index contributed by atoms with van der Waals surface area (Å²) in [6.07, 6.45) is 1.95. The molecule has 2 heteroatoms. The maximum atomic E-state index is 4.85. The minimum atomic E-state index is 0.0360. The van der Waals surface area contributed by atoms with Crippen molar-refractivity contribution >= 4 is 0 Å². The quantitative estimate of drug-likeness (QED) is 0.750. The van der Waals surface area contributed by atoms with E-state index in [0.29, 0.717) is 0 Å². The van der Waals surface area contributed by atoms with Crippen LogP contribution in [0.25, 0.3) is 11.4 Å². The van der Waals surface area contributed by atoms with E-state index < -0.39 is 0 Å². The van der Waals surface area contributed by atoms with Gasteiger partial charge in [-0.15, -0.1) is 0 Å². The third kappa shape index (κ3) is 2.74. The molecule has 0 N–H and O–H groups in total. The van der Waals surface area contributed by atoms with Crippen molar-refractivity contribution in [3.8, 4) is 11.4 Å². The lowest BCUT2D eigenvalue weighted by molar-refractivity contribution is 0.563. The Hall–Kier alpha value is -1.70. The minimum absolute atomic E-state index is 0.0360. The summed E-state index contributed by atoms with van der Waals surface area (Å²) < 4.78 is 0. The van der Waals surface area contributed by atoms with Gasteiger partial charge < -0.3 is 0 Å². The Morgan fingerprint density at radius 2 is 1.40 bits per heavy atom. The molecule has 0 unspecified atom stereocenters. The molecule has 0 bridgehead atoms. The van der Waals surface area contributed by atoms with Crippen LogP contribution in [-0.4, -0.2) is 9.97 Å². The normalized spacial score (nSPS) is 11.8. The van der Waals surface area contributed by atoms with E-state index in [9.17, 15) is 0 Å². The molecule has 0 aliphatic rings. The monoisotopic (exact) mass is 268 g/mol. The molecule has 0 saturated carbocycles.